The average Bonchev–Trinajstić information content (AvgIpc) is 2.09. The number of aliphatic hydroxyl groups excluding tert-OH is 1. The molecule has 0 aromatic carbocycles. The topological polar surface area (TPSA) is 58.9 Å². The summed E-state index contributed by atoms with van der Waals surface area (Å²) in [6.07, 6.45) is -1.75. The molecule has 4 nitrogen and oxygen atoms in total. The van der Waals surface area contributed by atoms with Crippen LogP contribution in [0.3, 0.4) is 0 Å². The van der Waals surface area contributed by atoms with Crippen LogP contribution < -0.4 is 0 Å². The van der Waals surface area contributed by atoms with Gasteiger partial charge in [0.1, 0.15) is 11.7 Å². The van der Waals surface area contributed by atoms with Gasteiger partial charge in [-0.05, 0) is 13.8 Å². The van der Waals surface area contributed by atoms with Crippen molar-refractivity contribution in [1.29, 1.82) is 0 Å². The maximum absolute atomic E-state index is 9.97. The summed E-state index contributed by atoms with van der Waals surface area (Å²) in [6, 6.07) is 0. The smallest absolute Gasteiger partial charge is 0.172 e. The predicted octanol–water partition coefficient (Wildman–Crippen LogP) is 0.293. The van der Waals surface area contributed by atoms with Gasteiger partial charge in [0.2, 0.25) is 0 Å². The molecule has 5 heteroatoms. The second-order valence-corrected chi connectivity index (χ2v) is 4.86. The van der Waals surface area contributed by atoms with Gasteiger partial charge in [-0.1, -0.05) is 22.6 Å². The fourth-order valence-corrected chi connectivity index (χ4v) is 2.28. The number of alkyl halides is 1. The lowest BCUT2D eigenvalue weighted by atomic mass is 9.89. The molecule has 1 saturated heterocycles. The molecule has 5 atom stereocenters. The summed E-state index contributed by atoms with van der Waals surface area (Å²) in [4.78, 5) is 0. The van der Waals surface area contributed by atoms with Gasteiger partial charge < -0.3 is 19.7 Å². The molecule has 0 saturated carbocycles. The molecule has 1 rings (SSSR count). The Labute approximate surface area is 91.4 Å². The van der Waals surface area contributed by atoms with Gasteiger partial charge in [-0.15, -0.1) is 0 Å². The van der Waals surface area contributed by atoms with Crippen LogP contribution in [0.15, 0.2) is 0 Å². The van der Waals surface area contributed by atoms with E-state index in [1.54, 1.807) is 13.8 Å². The first kappa shape index (κ1) is 11.6. The van der Waals surface area contributed by atoms with Crippen molar-refractivity contribution in [2.24, 2.45) is 0 Å². The number of hydrogen-bond acceptors (Lipinski definition) is 4. The molecule has 13 heavy (non-hydrogen) atoms. The summed E-state index contributed by atoms with van der Waals surface area (Å²) in [5.41, 5.74) is -1.17. The van der Waals surface area contributed by atoms with Gasteiger partial charge in [-0.2, -0.15) is 0 Å². The summed E-state index contributed by atoms with van der Waals surface area (Å²) in [5.74, 6) is 0. The Kier molecular flexibility index (Phi) is 3.56. The highest BCUT2D eigenvalue weighted by Crippen LogP contribution is 2.34. The predicted molar refractivity (Wildman–Crippen MR) is 55.8 cm³/mol. The van der Waals surface area contributed by atoms with Crippen LogP contribution in [0.5, 0.6) is 0 Å². The summed E-state index contributed by atoms with van der Waals surface area (Å²) >= 11 is 2.03. The van der Waals surface area contributed by atoms with Crippen LogP contribution in [0, 0.1) is 0 Å². The quantitative estimate of drug-likeness (QED) is 0.540. The highest BCUT2D eigenvalue weighted by molar-refractivity contribution is 14.1. The fraction of sp³-hybridized carbons (Fsp3) is 1.00. The van der Waals surface area contributed by atoms with Crippen molar-refractivity contribution in [3.05, 3.63) is 0 Å². The fourth-order valence-electron chi connectivity index (χ4n) is 1.44. The van der Waals surface area contributed by atoms with Crippen molar-refractivity contribution in [3.63, 3.8) is 0 Å². The number of hydrogen-bond donors (Lipinski definition) is 2. The van der Waals surface area contributed by atoms with Crippen molar-refractivity contribution in [3.8, 4) is 0 Å². The second kappa shape index (κ2) is 3.98. The van der Waals surface area contributed by atoms with Gasteiger partial charge >= 0.3 is 0 Å². The van der Waals surface area contributed by atoms with E-state index in [1.165, 1.54) is 7.11 Å². The van der Waals surface area contributed by atoms with Gasteiger partial charge in [-0.3, -0.25) is 0 Å². The number of aliphatic hydroxyl groups is 2. The zero-order chi connectivity index (χ0) is 10.2. The Morgan fingerprint density at radius 1 is 1.54 bits per heavy atom. The van der Waals surface area contributed by atoms with Crippen molar-refractivity contribution in [2.75, 3.05) is 7.11 Å². The molecule has 2 N–H and O–H groups in total. The molecular weight excluding hydrogens is 287 g/mol. The lowest BCUT2D eigenvalue weighted by Gasteiger charge is -2.45. The zero-order valence-corrected chi connectivity index (χ0v) is 10.1. The van der Waals surface area contributed by atoms with E-state index < -0.39 is 24.1 Å². The number of halogens is 1. The van der Waals surface area contributed by atoms with Crippen LogP contribution >= 0.6 is 22.6 Å². The lowest BCUT2D eigenvalue weighted by Crippen LogP contribution is -2.62. The Morgan fingerprint density at radius 3 is 2.54 bits per heavy atom. The van der Waals surface area contributed by atoms with Crippen molar-refractivity contribution >= 4 is 22.6 Å². The van der Waals surface area contributed by atoms with Crippen molar-refractivity contribution in [2.45, 2.75) is 41.9 Å². The maximum Gasteiger partial charge on any atom is 0.172 e. The first-order valence-electron chi connectivity index (χ1n) is 4.14. The van der Waals surface area contributed by atoms with Crippen LogP contribution in [-0.4, -0.2) is 45.3 Å². The van der Waals surface area contributed by atoms with Crippen molar-refractivity contribution < 1.29 is 19.7 Å². The van der Waals surface area contributed by atoms with Crippen LogP contribution in [0.1, 0.15) is 13.8 Å². The molecule has 1 aliphatic heterocycles. The molecule has 0 aliphatic carbocycles. The summed E-state index contributed by atoms with van der Waals surface area (Å²) < 4.78 is 10.1. The molecule has 0 radical (unpaired) electrons. The van der Waals surface area contributed by atoms with Crippen molar-refractivity contribution in [1.82, 2.24) is 0 Å². The van der Waals surface area contributed by atoms with E-state index in [9.17, 15) is 10.2 Å². The second-order valence-electron chi connectivity index (χ2n) is 3.52. The lowest BCUT2D eigenvalue weighted by molar-refractivity contribution is -0.256. The molecule has 0 spiro atoms. The summed E-state index contributed by atoms with van der Waals surface area (Å²) in [6.45, 7) is 3.31. The first-order valence-corrected chi connectivity index (χ1v) is 5.38. The third-order valence-electron chi connectivity index (χ3n) is 2.42. The van der Waals surface area contributed by atoms with Gasteiger partial charge in [0.25, 0.3) is 0 Å². The molecule has 1 heterocycles. The largest absolute Gasteiger partial charge is 0.387 e. The molecule has 0 unspecified atom stereocenters. The highest BCUT2D eigenvalue weighted by atomic mass is 127. The highest BCUT2D eigenvalue weighted by Gasteiger charge is 2.50. The zero-order valence-electron chi connectivity index (χ0n) is 7.90. The van der Waals surface area contributed by atoms with Crippen LogP contribution in [-0.2, 0) is 9.47 Å². The molecule has 1 fully saturated rings. The monoisotopic (exact) mass is 302 g/mol. The molecular formula is C8H15IO4. The van der Waals surface area contributed by atoms with Gasteiger partial charge in [-0.25, -0.2) is 0 Å². The van der Waals surface area contributed by atoms with Gasteiger partial charge in [0.15, 0.2) is 6.29 Å². The molecule has 78 valence electrons. The van der Waals surface area contributed by atoms with Crippen LogP contribution in [0.2, 0.25) is 0 Å². The third-order valence-corrected chi connectivity index (χ3v) is 4.27. The maximum atomic E-state index is 9.97. The number of methoxy groups -OCH3 is 1. The van der Waals surface area contributed by atoms with E-state index in [-0.39, 0.29) is 3.92 Å². The van der Waals surface area contributed by atoms with Crippen LogP contribution in [0.4, 0.5) is 0 Å². The Balaban J connectivity index is 2.82. The van der Waals surface area contributed by atoms with E-state index in [0.717, 1.165) is 0 Å². The molecule has 0 amide bonds. The summed E-state index contributed by atoms with van der Waals surface area (Å²) in [7, 11) is 1.52. The minimum atomic E-state index is -1.17. The first-order chi connectivity index (χ1) is 5.91. The standard InChI is InChI=1S/C8H15IO4/c1-4-6(10)8(2,11)5(9)7(12-3)13-4/h4-7,10-11H,1-3H3/t4-,5-,6-,7+,8-/m0/s1. The molecule has 0 bridgehead atoms. The number of rotatable bonds is 1. The molecule has 1 aliphatic rings. The van der Waals surface area contributed by atoms with Gasteiger partial charge in [0.05, 0.1) is 10.0 Å². The Hall–Kier alpha value is 0.570. The minimum absolute atomic E-state index is 0.277. The Bertz CT molecular complexity index is 185. The van der Waals surface area contributed by atoms with Crippen LogP contribution in [0.25, 0.3) is 0 Å². The third kappa shape index (κ3) is 1.99. The van der Waals surface area contributed by atoms with E-state index in [4.69, 9.17) is 9.47 Å². The summed E-state index contributed by atoms with van der Waals surface area (Å²) in [5, 5.41) is 19.6. The SMILES string of the molecule is CO[C@@H]1O[C@@H](C)[C@H](O)[C@@](C)(O)[C@H]1I. The minimum Gasteiger partial charge on any atom is -0.387 e. The van der Waals surface area contributed by atoms with Gasteiger partial charge in [0, 0.05) is 7.11 Å². The normalized spacial score (nSPS) is 52.2. The van der Waals surface area contributed by atoms with E-state index >= 15 is 0 Å². The molecule has 0 aromatic heterocycles. The Morgan fingerprint density at radius 2 is 2.08 bits per heavy atom. The van der Waals surface area contributed by atoms with E-state index in [2.05, 4.69) is 0 Å². The van der Waals surface area contributed by atoms with E-state index in [1.807, 2.05) is 22.6 Å². The average molecular weight is 302 g/mol. The molecule has 0 aromatic rings. The van der Waals surface area contributed by atoms with E-state index in [0.29, 0.717) is 0 Å². The number of ether oxygens (including phenoxy) is 2.